The van der Waals surface area contributed by atoms with Gasteiger partial charge in [0.25, 0.3) is 0 Å². The van der Waals surface area contributed by atoms with E-state index in [-0.39, 0.29) is 0 Å². The second-order valence-corrected chi connectivity index (χ2v) is 8.27. The molecule has 0 amide bonds. The Labute approximate surface area is 127 Å². The fraction of sp³-hybridized carbons (Fsp3) is 0.714. The van der Waals surface area contributed by atoms with Crippen molar-refractivity contribution in [2.24, 2.45) is 5.92 Å². The molecule has 1 N–H and O–H groups in total. The van der Waals surface area contributed by atoms with E-state index in [9.17, 15) is 8.42 Å². The molecule has 6 heteroatoms. The highest BCUT2D eigenvalue weighted by atomic mass is 32.2. The monoisotopic (exact) mass is 318 g/mol. The maximum absolute atomic E-state index is 12.4. The summed E-state index contributed by atoms with van der Waals surface area (Å²) in [6.45, 7) is 8.52. The molecule has 0 aliphatic carbocycles. The minimum absolute atomic E-state index is 0.374. The van der Waals surface area contributed by atoms with Crippen LogP contribution in [-0.4, -0.2) is 32.9 Å². The van der Waals surface area contributed by atoms with Crippen molar-refractivity contribution < 1.29 is 8.42 Å². The van der Waals surface area contributed by atoms with Crippen LogP contribution in [0.4, 0.5) is 0 Å². The van der Waals surface area contributed by atoms with E-state index < -0.39 is 10.0 Å². The van der Waals surface area contributed by atoms with Gasteiger partial charge in [-0.15, -0.1) is 11.3 Å². The first kappa shape index (κ1) is 17.6. The van der Waals surface area contributed by atoms with E-state index >= 15 is 0 Å². The molecule has 116 valence electrons. The zero-order valence-electron chi connectivity index (χ0n) is 12.8. The van der Waals surface area contributed by atoms with Gasteiger partial charge in [0.15, 0.2) is 0 Å². The molecule has 0 bridgehead atoms. The standard InChI is InChI=1S/C14H26N2O2S2/c1-5-7-15-9-13-8-14(11-19-13)20(17,18)16(4)10-12(3)6-2/h8,11-12,15H,5-7,9-10H2,1-4H3. The van der Waals surface area contributed by atoms with E-state index in [4.69, 9.17) is 0 Å². The smallest absolute Gasteiger partial charge is 0.243 e. The number of nitrogens with one attached hydrogen (secondary N) is 1. The van der Waals surface area contributed by atoms with Gasteiger partial charge in [-0.25, -0.2) is 12.7 Å². The van der Waals surface area contributed by atoms with Gasteiger partial charge in [-0.1, -0.05) is 27.2 Å². The fourth-order valence-electron chi connectivity index (χ4n) is 1.82. The second kappa shape index (κ2) is 8.12. The molecule has 0 radical (unpaired) electrons. The van der Waals surface area contributed by atoms with Crippen molar-refractivity contribution in [1.82, 2.24) is 9.62 Å². The average Bonchev–Trinajstić information content (AvgIpc) is 2.88. The molecule has 0 spiro atoms. The molecule has 20 heavy (non-hydrogen) atoms. The van der Waals surface area contributed by atoms with E-state index in [2.05, 4.69) is 26.1 Å². The van der Waals surface area contributed by atoms with E-state index in [0.717, 1.165) is 30.8 Å². The topological polar surface area (TPSA) is 49.4 Å². The summed E-state index contributed by atoms with van der Waals surface area (Å²) in [5.41, 5.74) is 0. The van der Waals surface area contributed by atoms with Crippen LogP contribution in [0.25, 0.3) is 0 Å². The number of sulfonamides is 1. The molecule has 1 aromatic rings. The maximum atomic E-state index is 12.4. The van der Waals surface area contributed by atoms with Gasteiger partial charge in [0.05, 0.1) is 4.90 Å². The lowest BCUT2D eigenvalue weighted by atomic mass is 10.1. The van der Waals surface area contributed by atoms with Gasteiger partial charge in [0, 0.05) is 30.4 Å². The molecule has 1 aromatic heterocycles. The highest BCUT2D eigenvalue weighted by Gasteiger charge is 2.23. The van der Waals surface area contributed by atoms with Gasteiger partial charge in [0.2, 0.25) is 10.0 Å². The molecular formula is C14H26N2O2S2. The van der Waals surface area contributed by atoms with E-state index in [0.29, 0.717) is 17.4 Å². The van der Waals surface area contributed by atoms with Gasteiger partial charge in [-0.3, -0.25) is 0 Å². The van der Waals surface area contributed by atoms with Gasteiger partial charge in [-0.2, -0.15) is 0 Å². The van der Waals surface area contributed by atoms with Gasteiger partial charge < -0.3 is 5.32 Å². The number of rotatable bonds is 9. The first-order valence-electron chi connectivity index (χ1n) is 7.16. The number of hydrogen-bond donors (Lipinski definition) is 1. The summed E-state index contributed by atoms with van der Waals surface area (Å²) >= 11 is 1.50. The van der Waals surface area contributed by atoms with Crippen molar-refractivity contribution in [1.29, 1.82) is 0 Å². The molecule has 1 atom stereocenters. The van der Waals surface area contributed by atoms with Crippen molar-refractivity contribution in [3.8, 4) is 0 Å². The predicted octanol–water partition coefficient (Wildman–Crippen LogP) is 2.91. The third-order valence-corrected chi connectivity index (χ3v) is 6.22. The van der Waals surface area contributed by atoms with Crippen LogP contribution < -0.4 is 5.32 Å². The molecule has 1 heterocycles. The lowest BCUT2D eigenvalue weighted by Gasteiger charge is -2.19. The molecule has 0 aromatic carbocycles. The highest BCUT2D eigenvalue weighted by molar-refractivity contribution is 7.89. The SMILES string of the molecule is CCCNCc1cc(S(=O)(=O)N(C)CC(C)CC)cs1. The van der Waals surface area contributed by atoms with Crippen molar-refractivity contribution in [3.63, 3.8) is 0 Å². The van der Waals surface area contributed by atoms with Gasteiger partial charge in [-0.05, 0) is 24.9 Å². The van der Waals surface area contributed by atoms with Crippen LogP contribution in [0.15, 0.2) is 16.3 Å². The minimum atomic E-state index is -3.34. The zero-order valence-corrected chi connectivity index (χ0v) is 14.5. The van der Waals surface area contributed by atoms with Crippen LogP contribution in [0.1, 0.15) is 38.5 Å². The van der Waals surface area contributed by atoms with Crippen molar-refractivity contribution in [2.45, 2.75) is 45.1 Å². The molecule has 1 unspecified atom stereocenters. The summed E-state index contributed by atoms with van der Waals surface area (Å²) < 4.78 is 26.3. The van der Waals surface area contributed by atoms with E-state index in [1.165, 1.54) is 15.6 Å². The van der Waals surface area contributed by atoms with Crippen molar-refractivity contribution in [3.05, 3.63) is 16.3 Å². The normalized spacial score (nSPS) is 13.8. The Kier molecular flexibility index (Phi) is 7.15. The number of nitrogens with zero attached hydrogens (tertiary/aromatic N) is 1. The van der Waals surface area contributed by atoms with Crippen LogP contribution in [0.2, 0.25) is 0 Å². The maximum Gasteiger partial charge on any atom is 0.243 e. The largest absolute Gasteiger partial charge is 0.312 e. The molecule has 0 fully saturated rings. The first-order chi connectivity index (χ1) is 9.41. The minimum Gasteiger partial charge on any atom is -0.312 e. The first-order valence-corrected chi connectivity index (χ1v) is 9.48. The zero-order chi connectivity index (χ0) is 15.2. The van der Waals surface area contributed by atoms with E-state index in [1.54, 1.807) is 18.5 Å². The Bertz CT molecular complexity index is 497. The molecule has 1 rings (SSSR count). The number of hydrogen-bond acceptors (Lipinski definition) is 4. The van der Waals surface area contributed by atoms with Crippen LogP contribution >= 0.6 is 11.3 Å². The third-order valence-electron chi connectivity index (χ3n) is 3.33. The average molecular weight is 319 g/mol. The van der Waals surface area contributed by atoms with Gasteiger partial charge >= 0.3 is 0 Å². The van der Waals surface area contributed by atoms with Crippen LogP contribution in [0, 0.1) is 5.92 Å². The van der Waals surface area contributed by atoms with Crippen LogP contribution in [-0.2, 0) is 16.6 Å². The third kappa shape index (κ3) is 4.84. The van der Waals surface area contributed by atoms with Crippen LogP contribution in [0.3, 0.4) is 0 Å². The predicted molar refractivity (Wildman–Crippen MR) is 85.6 cm³/mol. The molecule has 0 saturated carbocycles. The van der Waals surface area contributed by atoms with Crippen LogP contribution in [0.5, 0.6) is 0 Å². The lowest BCUT2D eigenvalue weighted by molar-refractivity contribution is 0.394. The molecular weight excluding hydrogens is 292 g/mol. The Morgan fingerprint density at radius 2 is 2.10 bits per heavy atom. The summed E-state index contributed by atoms with van der Waals surface area (Å²) in [5, 5.41) is 5.03. The Morgan fingerprint density at radius 3 is 2.70 bits per heavy atom. The molecule has 0 aliphatic heterocycles. The van der Waals surface area contributed by atoms with Crippen molar-refractivity contribution in [2.75, 3.05) is 20.1 Å². The summed E-state index contributed by atoms with van der Waals surface area (Å²) in [5.74, 6) is 0.374. The number of thiophene rings is 1. The fourth-order valence-corrected chi connectivity index (χ4v) is 4.35. The summed E-state index contributed by atoms with van der Waals surface area (Å²) in [6.07, 6.45) is 2.06. The second-order valence-electron chi connectivity index (χ2n) is 5.22. The highest BCUT2D eigenvalue weighted by Crippen LogP contribution is 2.22. The molecule has 0 saturated heterocycles. The summed E-state index contributed by atoms with van der Waals surface area (Å²) in [7, 11) is -1.68. The lowest BCUT2D eigenvalue weighted by Crippen LogP contribution is -2.30. The Balaban J connectivity index is 2.72. The molecule has 4 nitrogen and oxygen atoms in total. The van der Waals surface area contributed by atoms with Crippen molar-refractivity contribution >= 4 is 21.4 Å². The summed E-state index contributed by atoms with van der Waals surface area (Å²) in [6, 6.07) is 1.79. The Morgan fingerprint density at radius 1 is 1.40 bits per heavy atom. The quantitative estimate of drug-likeness (QED) is 0.712. The Hall–Kier alpha value is -0.430. The van der Waals surface area contributed by atoms with Gasteiger partial charge in [0.1, 0.15) is 0 Å². The molecule has 0 aliphatic rings. The van der Waals surface area contributed by atoms with E-state index in [1.807, 2.05) is 0 Å². The summed E-state index contributed by atoms with van der Waals surface area (Å²) in [4.78, 5) is 1.48.